The van der Waals surface area contributed by atoms with Crippen LogP contribution in [-0.4, -0.2) is 39.0 Å². The number of Topliss-reactive ketones (excluding diaryl/α,β-unsaturated/α-hetero) is 1. The number of nitrogens with zero attached hydrogens (tertiary/aromatic N) is 3. The van der Waals surface area contributed by atoms with Crippen LogP contribution < -0.4 is 0 Å². The monoisotopic (exact) mass is 263 g/mol. The van der Waals surface area contributed by atoms with E-state index in [1.807, 2.05) is 4.90 Å². The molecular weight excluding hydrogens is 242 g/mol. The summed E-state index contributed by atoms with van der Waals surface area (Å²) in [4.78, 5) is 25.7. The Bertz CT molecular complexity index is 467. The minimum Gasteiger partial charge on any atom is -0.334 e. The van der Waals surface area contributed by atoms with Crippen LogP contribution in [0.5, 0.6) is 0 Å². The maximum absolute atomic E-state index is 12.5. The Balaban J connectivity index is 2.17. The Labute approximate surface area is 113 Å². The van der Waals surface area contributed by atoms with E-state index in [1.54, 1.807) is 30.9 Å². The number of aryl methyl sites for hydroxylation is 1. The SMILES string of the molecule is CC(=O)CC1CCCCCN1C(=O)c1ccn(C)n1. The van der Waals surface area contributed by atoms with Crippen LogP contribution in [0.3, 0.4) is 0 Å². The lowest BCUT2D eigenvalue weighted by Crippen LogP contribution is -2.41. The first-order valence-corrected chi connectivity index (χ1v) is 6.88. The van der Waals surface area contributed by atoms with Crippen molar-refractivity contribution in [2.45, 2.75) is 45.1 Å². The van der Waals surface area contributed by atoms with Crippen molar-refractivity contribution in [2.75, 3.05) is 6.54 Å². The second kappa shape index (κ2) is 5.99. The van der Waals surface area contributed by atoms with Gasteiger partial charge in [-0.15, -0.1) is 0 Å². The van der Waals surface area contributed by atoms with Gasteiger partial charge in [-0.3, -0.25) is 14.3 Å². The van der Waals surface area contributed by atoms with Gasteiger partial charge in [-0.25, -0.2) is 0 Å². The molecule has 1 amide bonds. The van der Waals surface area contributed by atoms with Crippen molar-refractivity contribution in [3.8, 4) is 0 Å². The van der Waals surface area contributed by atoms with Gasteiger partial charge in [-0.05, 0) is 25.8 Å². The van der Waals surface area contributed by atoms with Gasteiger partial charge in [0.2, 0.25) is 0 Å². The van der Waals surface area contributed by atoms with Crippen molar-refractivity contribution in [1.29, 1.82) is 0 Å². The van der Waals surface area contributed by atoms with Crippen LogP contribution in [0.15, 0.2) is 12.3 Å². The van der Waals surface area contributed by atoms with Gasteiger partial charge >= 0.3 is 0 Å². The third kappa shape index (κ3) is 3.43. The molecule has 5 heteroatoms. The van der Waals surface area contributed by atoms with Crippen molar-refractivity contribution < 1.29 is 9.59 Å². The number of ketones is 1. The Kier molecular flexibility index (Phi) is 4.35. The van der Waals surface area contributed by atoms with Crippen LogP contribution in [0.2, 0.25) is 0 Å². The molecular formula is C14H21N3O2. The largest absolute Gasteiger partial charge is 0.334 e. The molecule has 19 heavy (non-hydrogen) atoms. The molecule has 1 fully saturated rings. The topological polar surface area (TPSA) is 55.2 Å². The Morgan fingerprint density at radius 2 is 2.16 bits per heavy atom. The molecule has 0 aromatic carbocycles. The zero-order valence-electron chi connectivity index (χ0n) is 11.6. The summed E-state index contributed by atoms with van der Waals surface area (Å²) in [6.07, 6.45) is 6.36. The van der Waals surface area contributed by atoms with E-state index < -0.39 is 0 Å². The van der Waals surface area contributed by atoms with Crippen LogP contribution in [0.25, 0.3) is 0 Å². The summed E-state index contributed by atoms with van der Waals surface area (Å²) in [5, 5.41) is 4.17. The number of carbonyl (C=O) groups is 2. The molecule has 2 heterocycles. The first-order valence-electron chi connectivity index (χ1n) is 6.88. The highest BCUT2D eigenvalue weighted by molar-refractivity contribution is 5.92. The van der Waals surface area contributed by atoms with Gasteiger partial charge in [0.1, 0.15) is 11.5 Å². The van der Waals surface area contributed by atoms with Gasteiger partial charge in [0.25, 0.3) is 5.91 Å². The average Bonchev–Trinajstić information content (AvgIpc) is 2.65. The van der Waals surface area contributed by atoms with Crippen LogP contribution in [0.4, 0.5) is 0 Å². The molecule has 1 aromatic rings. The highest BCUT2D eigenvalue weighted by Crippen LogP contribution is 2.21. The zero-order chi connectivity index (χ0) is 13.8. The fourth-order valence-corrected chi connectivity index (χ4v) is 2.67. The minimum atomic E-state index is -0.0475. The lowest BCUT2D eigenvalue weighted by Gasteiger charge is -2.28. The average molecular weight is 263 g/mol. The maximum atomic E-state index is 12.5. The van der Waals surface area contributed by atoms with Gasteiger partial charge in [-0.1, -0.05) is 12.8 Å². The number of rotatable bonds is 3. The molecule has 0 aliphatic carbocycles. The van der Waals surface area contributed by atoms with Gasteiger partial charge in [0, 0.05) is 32.3 Å². The lowest BCUT2D eigenvalue weighted by atomic mass is 10.0. The van der Waals surface area contributed by atoms with Crippen LogP contribution in [0, 0.1) is 0 Å². The fraction of sp³-hybridized carbons (Fsp3) is 0.643. The van der Waals surface area contributed by atoms with Crippen LogP contribution in [0.1, 0.15) is 49.5 Å². The van der Waals surface area contributed by atoms with E-state index in [-0.39, 0.29) is 17.7 Å². The zero-order valence-corrected chi connectivity index (χ0v) is 11.6. The van der Waals surface area contributed by atoms with E-state index >= 15 is 0 Å². The summed E-state index contributed by atoms with van der Waals surface area (Å²) < 4.78 is 1.63. The normalized spacial score (nSPS) is 20.1. The Morgan fingerprint density at radius 3 is 2.79 bits per heavy atom. The van der Waals surface area contributed by atoms with E-state index in [4.69, 9.17) is 0 Å². The quantitative estimate of drug-likeness (QED) is 0.835. The smallest absolute Gasteiger partial charge is 0.274 e. The third-order valence-electron chi connectivity index (χ3n) is 3.59. The predicted molar refractivity (Wildman–Crippen MR) is 71.8 cm³/mol. The van der Waals surface area contributed by atoms with E-state index in [1.165, 1.54) is 0 Å². The molecule has 1 atom stereocenters. The molecule has 1 unspecified atom stereocenters. The van der Waals surface area contributed by atoms with Crippen molar-refractivity contribution in [2.24, 2.45) is 7.05 Å². The Morgan fingerprint density at radius 1 is 1.37 bits per heavy atom. The lowest BCUT2D eigenvalue weighted by molar-refractivity contribution is -0.118. The number of carbonyl (C=O) groups excluding carboxylic acids is 2. The van der Waals surface area contributed by atoms with Crippen molar-refractivity contribution >= 4 is 11.7 Å². The summed E-state index contributed by atoms with van der Waals surface area (Å²) in [6.45, 7) is 2.32. The number of hydrogen-bond acceptors (Lipinski definition) is 3. The molecule has 5 nitrogen and oxygen atoms in total. The summed E-state index contributed by atoms with van der Waals surface area (Å²) >= 11 is 0. The van der Waals surface area contributed by atoms with Gasteiger partial charge in [-0.2, -0.15) is 5.10 Å². The molecule has 2 rings (SSSR count). The van der Waals surface area contributed by atoms with E-state index in [0.29, 0.717) is 12.1 Å². The molecule has 1 aromatic heterocycles. The molecule has 1 saturated heterocycles. The predicted octanol–water partition coefficient (Wildman–Crippen LogP) is 1.78. The van der Waals surface area contributed by atoms with E-state index in [0.717, 1.165) is 32.2 Å². The molecule has 104 valence electrons. The van der Waals surface area contributed by atoms with E-state index in [9.17, 15) is 9.59 Å². The molecule has 0 N–H and O–H groups in total. The van der Waals surface area contributed by atoms with Gasteiger partial charge in [0.05, 0.1) is 0 Å². The summed E-state index contributed by atoms with van der Waals surface area (Å²) in [7, 11) is 1.80. The molecule has 0 bridgehead atoms. The summed E-state index contributed by atoms with van der Waals surface area (Å²) in [5.41, 5.74) is 0.470. The number of likely N-dealkylation sites (tertiary alicyclic amines) is 1. The summed E-state index contributed by atoms with van der Waals surface area (Å²) in [5.74, 6) is 0.0967. The number of hydrogen-bond donors (Lipinski definition) is 0. The first-order chi connectivity index (χ1) is 9.08. The van der Waals surface area contributed by atoms with E-state index in [2.05, 4.69) is 5.10 Å². The molecule has 1 aliphatic heterocycles. The highest BCUT2D eigenvalue weighted by atomic mass is 16.2. The second-order valence-corrected chi connectivity index (χ2v) is 5.28. The van der Waals surface area contributed by atoms with Crippen molar-refractivity contribution in [3.63, 3.8) is 0 Å². The Hall–Kier alpha value is -1.65. The summed E-state index contributed by atoms with van der Waals surface area (Å²) in [6, 6.07) is 1.77. The first kappa shape index (κ1) is 13.8. The van der Waals surface area contributed by atoms with Crippen LogP contribution in [-0.2, 0) is 11.8 Å². The minimum absolute atomic E-state index is 0.0366. The van der Waals surface area contributed by atoms with Gasteiger partial charge < -0.3 is 4.90 Å². The molecule has 0 saturated carbocycles. The van der Waals surface area contributed by atoms with Crippen molar-refractivity contribution in [1.82, 2.24) is 14.7 Å². The number of amides is 1. The van der Waals surface area contributed by atoms with Crippen molar-refractivity contribution in [3.05, 3.63) is 18.0 Å². The van der Waals surface area contributed by atoms with Crippen LogP contribution >= 0.6 is 0 Å². The molecule has 0 spiro atoms. The molecule has 0 radical (unpaired) electrons. The highest BCUT2D eigenvalue weighted by Gasteiger charge is 2.28. The number of aromatic nitrogens is 2. The standard InChI is InChI=1S/C14H21N3O2/c1-11(18)10-12-6-4-3-5-8-17(12)14(19)13-7-9-16(2)15-13/h7,9,12H,3-6,8,10H2,1-2H3. The second-order valence-electron chi connectivity index (χ2n) is 5.28. The fourth-order valence-electron chi connectivity index (χ4n) is 2.67. The maximum Gasteiger partial charge on any atom is 0.274 e. The van der Waals surface area contributed by atoms with Gasteiger partial charge in [0.15, 0.2) is 0 Å². The third-order valence-corrected chi connectivity index (χ3v) is 3.59. The molecule has 1 aliphatic rings.